The number of piperazine rings is 1. The van der Waals surface area contributed by atoms with Gasteiger partial charge in [0.1, 0.15) is 17.0 Å². The second-order valence-electron chi connectivity index (χ2n) is 8.06. The van der Waals surface area contributed by atoms with Gasteiger partial charge in [-0.2, -0.15) is 0 Å². The SMILES string of the molecule is O=C(COc1ncnc2sc3c(c12)CCCCC3)N1CCN(c2ccc(F)cc2)CC1. The highest BCUT2D eigenvalue weighted by atomic mass is 32.1. The molecule has 1 fully saturated rings. The number of fused-ring (bicyclic) bond motifs is 3. The van der Waals surface area contributed by atoms with E-state index in [1.165, 1.54) is 48.2 Å². The minimum Gasteiger partial charge on any atom is -0.467 e. The Morgan fingerprint density at radius 1 is 1.03 bits per heavy atom. The molecule has 1 saturated heterocycles. The number of anilines is 1. The average molecular weight is 441 g/mol. The number of thiophene rings is 1. The standard InChI is InChI=1S/C23H25FN4O2S/c24-16-6-8-17(9-7-16)27-10-12-28(13-11-27)20(29)14-30-22-21-18-4-2-1-3-5-19(18)31-23(21)26-15-25-22/h6-9,15H,1-5,10-14H2. The molecule has 31 heavy (non-hydrogen) atoms. The summed E-state index contributed by atoms with van der Waals surface area (Å²) in [6.45, 7) is 2.65. The molecule has 0 radical (unpaired) electrons. The second kappa shape index (κ2) is 8.78. The average Bonchev–Trinajstić information content (AvgIpc) is 3.00. The summed E-state index contributed by atoms with van der Waals surface area (Å²) < 4.78 is 19.1. The summed E-state index contributed by atoms with van der Waals surface area (Å²) in [5, 5.41) is 0.998. The van der Waals surface area contributed by atoms with Gasteiger partial charge >= 0.3 is 0 Å². The molecule has 3 aromatic rings. The summed E-state index contributed by atoms with van der Waals surface area (Å²) in [4.78, 5) is 27.9. The highest BCUT2D eigenvalue weighted by Gasteiger charge is 2.24. The Balaban J connectivity index is 1.23. The van der Waals surface area contributed by atoms with E-state index in [9.17, 15) is 9.18 Å². The van der Waals surface area contributed by atoms with Crippen LogP contribution in [0.25, 0.3) is 10.2 Å². The summed E-state index contributed by atoms with van der Waals surface area (Å²) in [5.74, 6) is 0.255. The van der Waals surface area contributed by atoms with E-state index < -0.39 is 0 Å². The molecule has 0 saturated carbocycles. The zero-order valence-corrected chi connectivity index (χ0v) is 18.2. The number of hydrogen-bond acceptors (Lipinski definition) is 6. The lowest BCUT2D eigenvalue weighted by atomic mass is 10.1. The van der Waals surface area contributed by atoms with Crippen molar-refractivity contribution in [3.8, 4) is 5.88 Å². The van der Waals surface area contributed by atoms with Crippen LogP contribution < -0.4 is 9.64 Å². The summed E-state index contributed by atoms with van der Waals surface area (Å²) >= 11 is 1.73. The number of halogens is 1. The van der Waals surface area contributed by atoms with Gasteiger partial charge in [0, 0.05) is 36.7 Å². The Morgan fingerprint density at radius 2 is 1.81 bits per heavy atom. The van der Waals surface area contributed by atoms with Gasteiger partial charge in [-0.05, 0) is 55.5 Å². The quantitative estimate of drug-likeness (QED) is 0.577. The lowest BCUT2D eigenvalue weighted by Crippen LogP contribution is -2.50. The number of aryl methyl sites for hydroxylation is 2. The molecular weight excluding hydrogens is 415 g/mol. The Kier molecular flexibility index (Phi) is 5.72. The number of nitrogens with zero attached hydrogens (tertiary/aromatic N) is 4. The van der Waals surface area contributed by atoms with Gasteiger partial charge in [-0.3, -0.25) is 4.79 Å². The van der Waals surface area contributed by atoms with Crippen molar-refractivity contribution in [1.82, 2.24) is 14.9 Å². The van der Waals surface area contributed by atoms with Gasteiger partial charge in [-0.15, -0.1) is 11.3 Å². The van der Waals surface area contributed by atoms with Crippen molar-refractivity contribution in [1.29, 1.82) is 0 Å². The number of carbonyl (C=O) groups excluding carboxylic acids is 1. The van der Waals surface area contributed by atoms with Crippen LogP contribution in [-0.4, -0.2) is 53.6 Å². The molecule has 1 amide bonds. The minimum atomic E-state index is -0.240. The summed E-state index contributed by atoms with van der Waals surface area (Å²) in [6.07, 6.45) is 7.27. The highest BCUT2D eigenvalue weighted by Crippen LogP contribution is 2.38. The second-order valence-corrected chi connectivity index (χ2v) is 9.14. The molecule has 3 heterocycles. The predicted molar refractivity (Wildman–Crippen MR) is 119 cm³/mol. The predicted octanol–water partition coefficient (Wildman–Crippen LogP) is 3.83. The molecule has 162 valence electrons. The number of ether oxygens (including phenoxy) is 1. The zero-order valence-electron chi connectivity index (χ0n) is 17.3. The summed E-state index contributed by atoms with van der Waals surface area (Å²) in [7, 11) is 0. The minimum absolute atomic E-state index is 0.0206. The number of carbonyl (C=O) groups is 1. The Labute approximate surface area is 184 Å². The molecule has 0 spiro atoms. The van der Waals surface area contributed by atoms with Gasteiger partial charge in [0.2, 0.25) is 5.88 Å². The van der Waals surface area contributed by atoms with E-state index in [-0.39, 0.29) is 18.3 Å². The highest BCUT2D eigenvalue weighted by molar-refractivity contribution is 7.18. The molecule has 0 unspecified atom stereocenters. The smallest absolute Gasteiger partial charge is 0.260 e. The van der Waals surface area contributed by atoms with E-state index >= 15 is 0 Å². The molecule has 1 aliphatic heterocycles. The normalized spacial score (nSPS) is 16.8. The maximum Gasteiger partial charge on any atom is 0.260 e. The van der Waals surface area contributed by atoms with Gasteiger partial charge in [0.05, 0.1) is 5.39 Å². The molecule has 8 heteroatoms. The molecular formula is C23H25FN4O2S. The lowest BCUT2D eigenvalue weighted by molar-refractivity contribution is -0.133. The fraction of sp³-hybridized carbons (Fsp3) is 0.435. The maximum absolute atomic E-state index is 13.1. The third kappa shape index (κ3) is 4.21. The lowest BCUT2D eigenvalue weighted by Gasteiger charge is -2.36. The first-order valence-electron chi connectivity index (χ1n) is 10.9. The first-order valence-corrected chi connectivity index (χ1v) is 11.7. The van der Waals surface area contributed by atoms with E-state index in [4.69, 9.17) is 4.74 Å². The van der Waals surface area contributed by atoms with Gasteiger partial charge in [-0.25, -0.2) is 14.4 Å². The Bertz CT molecular complexity index is 1080. The van der Waals surface area contributed by atoms with Crippen LogP contribution in [0, 0.1) is 5.82 Å². The van der Waals surface area contributed by atoms with Crippen molar-refractivity contribution in [2.45, 2.75) is 32.1 Å². The van der Waals surface area contributed by atoms with Crippen molar-refractivity contribution in [2.75, 3.05) is 37.7 Å². The number of rotatable bonds is 4. The van der Waals surface area contributed by atoms with Crippen molar-refractivity contribution >= 4 is 33.1 Å². The summed E-state index contributed by atoms with van der Waals surface area (Å²) in [6, 6.07) is 6.49. The van der Waals surface area contributed by atoms with Crippen LogP contribution in [0.2, 0.25) is 0 Å². The third-order valence-electron chi connectivity index (χ3n) is 6.12. The van der Waals surface area contributed by atoms with Gasteiger partial charge < -0.3 is 14.5 Å². The van der Waals surface area contributed by atoms with Crippen molar-refractivity contribution in [3.63, 3.8) is 0 Å². The topological polar surface area (TPSA) is 58.6 Å². The van der Waals surface area contributed by atoms with Crippen LogP contribution >= 0.6 is 11.3 Å². The molecule has 1 aliphatic carbocycles. The third-order valence-corrected chi connectivity index (χ3v) is 7.32. The van der Waals surface area contributed by atoms with E-state index in [1.54, 1.807) is 23.5 Å². The van der Waals surface area contributed by atoms with Crippen molar-refractivity contribution < 1.29 is 13.9 Å². The fourth-order valence-corrected chi connectivity index (χ4v) is 5.65. The van der Waals surface area contributed by atoms with Crippen LogP contribution in [0.3, 0.4) is 0 Å². The van der Waals surface area contributed by atoms with Gasteiger partial charge in [0.15, 0.2) is 6.61 Å². The van der Waals surface area contributed by atoms with Gasteiger partial charge in [-0.1, -0.05) is 6.42 Å². The Morgan fingerprint density at radius 3 is 2.61 bits per heavy atom. The van der Waals surface area contributed by atoms with Crippen LogP contribution in [-0.2, 0) is 17.6 Å². The number of aromatic nitrogens is 2. The monoisotopic (exact) mass is 440 g/mol. The van der Waals surface area contributed by atoms with Crippen LogP contribution in [0.5, 0.6) is 5.88 Å². The van der Waals surface area contributed by atoms with Gasteiger partial charge in [0.25, 0.3) is 5.91 Å². The molecule has 0 atom stereocenters. The van der Waals surface area contributed by atoms with Crippen LogP contribution in [0.15, 0.2) is 30.6 Å². The molecule has 0 bridgehead atoms. The molecule has 0 N–H and O–H groups in total. The molecule has 2 aromatic heterocycles. The number of benzene rings is 1. The molecule has 6 nitrogen and oxygen atoms in total. The van der Waals surface area contributed by atoms with E-state index in [1.807, 2.05) is 4.90 Å². The number of amides is 1. The fourth-order valence-electron chi connectivity index (χ4n) is 4.43. The largest absolute Gasteiger partial charge is 0.467 e. The molecule has 1 aromatic carbocycles. The number of hydrogen-bond donors (Lipinski definition) is 0. The van der Waals surface area contributed by atoms with Crippen molar-refractivity contribution in [2.24, 2.45) is 0 Å². The van der Waals surface area contributed by atoms with Crippen LogP contribution in [0.1, 0.15) is 29.7 Å². The molecule has 5 rings (SSSR count). The van der Waals surface area contributed by atoms with Crippen molar-refractivity contribution in [3.05, 3.63) is 46.9 Å². The van der Waals surface area contributed by atoms with E-state index in [0.29, 0.717) is 32.1 Å². The van der Waals surface area contributed by atoms with E-state index in [0.717, 1.165) is 28.7 Å². The Hall–Kier alpha value is -2.74. The molecule has 2 aliphatic rings. The first kappa shape index (κ1) is 20.2. The summed E-state index contributed by atoms with van der Waals surface area (Å²) in [5.41, 5.74) is 2.29. The zero-order chi connectivity index (χ0) is 21.2. The first-order chi connectivity index (χ1) is 15.2. The van der Waals surface area contributed by atoms with Crippen LogP contribution in [0.4, 0.5) is 10.1 Å². The maximum atomic E-state index is 13.1. The van der Waals surface area contributed by atoms with E-state index in [2.05, 4.69) is 14.9 Å².